The predicted molar refractivity (Wildman–Crippen MR) is 146 cm³/mol. The number of benzene rings is 2. The van der Waals surface area contributed by atoms with Crippen LogP contribution in [0.3, 0.4) is 0 Å². The third-order valence-electron chi connectivity index (χ3n) is 7.88. The van der Waals surface area contributed by atoms with E-state index in [1.807, 2.05) is 72.9 Å². The number of nitrogens with one attached hydrogen (secondary N) is 1. The van der Waals surface area contributed by atoms with Gasteiger partial charge in [0.1, 0.15) is 11.5 Å². The van der Waals surface area contributed by atoms with Crippen LogP contribution in [0.2, 0.25) is 0 Å². The van der Waals surface area contributed by atoms with E-state index >= 15 is 0 Å². The number of fused-ring (bicyclic) bond motifs is 3. The number of pyridine rings is 2. The van der Waals surface area contributed by atoms with Crippen LogP contribution in [0.5, 0.6) is 11.5 Å². The minimum atomic E-state index is -1.81. The van der Waals surface area contributed by atoms with Crippen LogP contribution in [-0.2, 0) is 17.7 Å². The molecule has 194 valence electrons. The third kappa shape index (κ3) is 3.66. The summed E-state index contributed by atoms with van der Waals surface area (Å²) in [6, 6.07) is 21.6. The first-order chi connectivity index (χ1) is 18.5. The van der Waals surface area contributed by atoms with Crippen LogP contribution in [0.4, 0.5) is 0 Å². The topological polar surface area (TPSA) is 96.7 Å². The number of halogens is 1. The second kappa shape index (κ2) is 9.78. The molecule has 2 aromatic carbocycles. The molecule has 0 radical (unpaired) electrons. The standard InChI is InChI=1S/C30H28BrN3O4/c1-37-24-17-34-18-25-27(24)29(36)28(35)23(16-33-15-19-6-5-13-32-14-19)26(20-7-3-2-4-8-20)30(29,38-25)21-9-11-22(31)12-10-21/h2-14,17-18,23,26,28,33,35-36H,15-16H2,1H3/t23-,26-,28-,29+,30?/m1/s1. The maximum absolute atomic E-state index is 12.8. The van der Waals surface area contributed by atoms with Gasteiger partial charge in [-0.05, 0) is 34.9 Å². The van der Waals surface area contributed by atoms with Gasteiger partial charge in [0.15, 0.2) is 11.2 Å². The highest BCUT2D eigenvalue weighted by Crippen LogP contribution is 2.69. The van der Waals surface area contributed by atoms with Gasteiger partial charge >= 0.3 is 0 Å². The number of aliphatic hydroxyl groups is 2. The fourth-order valence-electron chi connectivity index (χ4n) is 6.34. The third-order valence-corrected chi connectivity index (χ3v) is 8.41. The predicted octanol–water partition coefficient (Wildman–Crippen LogP) is 4.29. The molecule has 1 aliphatic carbocycles. The number of hydrogen-bond donors (Lipinski definition) is 3. The molecule has 2 aliphatic rings. The van der Waals surface area contributed by atoms with Gasteiger partial charge in [-0.25, -0.2) is 0 Å². The van der Waals surface area contributed by atoms with Crippen LogP contribution >= 0.6 is 15.9 Å². The quantitative estimate of drug-likeness (QED) is 0.303. The highest BCUT2D eigenvalue weighted by atomic mass is 79.9. The van der Waals surface area contributed by atoms with E-state index in [-0.39, 0.29) is 0 Å². The van der Waals surface area contributed by atoms with Crippen LogP contribution in [0, 0.1) is 5.92 Å². The summed E-state index contributed by atoms with van der Waals surface area (Å²) in [7, 11) is 1.53. The summed E-state index contributed by atoms with van der Waals surface area (Å²) in [6.45, 7) is 1.01. The number of rotatable bonds is 7. The first kappa shape index (κ1) is 25.0. The fourth-order valence-corrected chi connectivity index (χ4v) is 6.61. The van der Waals surface area contributed by atoms with Crippen molar-refractivity contribution in [3.63, 3.8) is 0 Å². The van der Waals surface area contributed by atoms with E-state index in [9.17, 15) is 10.2 Å². The molecule has 8 heteroatoms. The molecule has 0 saturated heterocycles. The molecule has 6 rings (SSSR count). The van der Waals surface area contributed by atoms with Crippen molar-refractivity contribution in [2.45, 2.75) is 29.8 Å². The molecule has 0 spiro atoms. The van der Waals surface area contributed by atoms with Gasteiger partial charge in [0.25, 0.3) is 0 Å². The van der Waals surface area contributed by atoms with E-state index in [0.717, 1.165) is 21.2 Å². The highest BCUT2D eigenvalue weighted by molar-refractivity contribution is 9.10. The van der Waals surface area contributed by atoms with E-state index in [1.54, 1.807) is 18.6 Å². The summed E-state index contributed by atoms with van der Waals surface area (Å²) in [5, 5.41) is 28.4. The smallest absolute Gasteiger partial charge is 0.177 e. The Morgan fingerprint density at radius 2 is 1.79 bits per heavy atom. The van der Waals surface area contributed by atoms with Gasteiger partial charge in [-0.15, -0.1) is 0 Å². The van der Waals surface area contributed by atoms with Crippen molar-refractivity contribution in [3.8, 4) is 11.5 Å². The Bertz CT molecular complexity index is 1420. The lowest BCUT2D eigenvalue weighted by Crippen LogP contribution is -2.52. The molecule has 3 heterocycles. The molecule has 7 nitrogen and oxygen atoms in total. The van der Waals surface area contributed by atoms with E-state index in [2.05, 4.69) is 31.2 Å². The van der Waals surface area contributed by atoms with Crippen molar-refractivity contribution in [3.05, 3.63) is 118 Å². The van der Waals surface area contributed by atoms with Crippen molar-refractivity contribution in [2.75, 3.05) is 13.7 Å². The van der Waals surface area contributed by atoms with E-state index in [0.29, 0.717) is 30.2 Å². The van der Waals surface area contributed by atoms with Gasteiger partial charge in [0.05, 0.1) is 31.2 Å². The zero-order valence-electron chi connectivity index (χ0n) is 20.8. The van der Waals surface area contributed by atoms with Gasteiger partial charge in [-0.3, -0.25) is 9.97 Å². The molecule has 1 unspecified atom stereocenters. The SMILES string of the molecule is COc1cncc2c1[C@]1(O)[C@H](O)[C@H](CNCc3cccnc3)[C@@H](c3ccccc3)C1(c1ccc(Br)cc1)O2. The Hall–Kier alpha value is -3.30. The molecule has 5 atom stereocenters. The van der Waals surface area contributed by atoms with Gasteiger partial charge < -0.3 is 25.0 Å². The maximum atomic E-state index is 12.8. The number of aliphatic hydroxyl groups excluding tert-OH is 1. The number of hydrogen-bond acceptors (Lipinski definition) is 7. The van der Waals surface area contributed by atoms with Crippen LogP contribution in [0.1, 0.15) is 28.2 Å². The number of nitrogens with zero attached hydrogens (tertiary/aromatic N) is 2. The number of methoxy groups -OCH3 is 1. The molecule has 1 saturated carbocycles. The van der Waals surface area contributed by atoms with E-state index < -0.39 is 29.1 Å². The highest BCUT2D eigenvalue weighted by Gasteiger charge is 2.76. The normalized spacial score (nSPS) is 27.4. The monoisotopic (exact) mass is 573 g/mol. The van der Waals surface area contributed by atoms with Crippen molar-refractivity contribution >= 4 is 15.9 Å². The molecule has 3 N–H and O–H groups in total. The van der Waals surface area contributed by atoms with Crippen LogP contribution in [0.25, 0.3) is 0 Å². The molecule has 1 aliphatic heterocycles. The summed E-state index contributed by atoms with van der Waals surface area (Å²) in [4.78, 5) is 8.48. The molecular weight excluding hydrogens is 546 g/mol. The van der Waals surface area contributed by atoms with Gasteiger partial charge in [0.2, 0.25) is 0 Å². The first-order valence-electron chi connectivity index (χ1n) is 12.5. The summed E-state index contributed by atoms with van der Waals surface area (Å²) in [6.07, 6.45) is 5.51. The van der Waals surface area contributed by atoms with E-state index in [4.69, 9.17) is 9.47 Å². The lowest BCUT2D eigenvalue weighted by molar-refractivity contribution is -0.152. The lowest BCUT2D eigenvalue weighted by atomic mass is 9.70. The Balaban J connectivity index is 1.53. The number of aromatic nitrogens is 2. The number of ether oxygens (including phenoxy) is 2. The zero-order valence-corrected chi connectivity index (χ0v) is 22.4. The van der Waals surface area contributed by atoms with E-state index in [1.165, 1.54) is 7.11 Å². The van der Waals surface area contributed by atoms with Crippen molar-refractivity contribution in [2.24, 2.45) is 5.92 Å². The first-order valence-corrected chi connectivity index (χ1v) is 13.3. The van der Waals surface area contributed by atoms with Crippen LogP contribution < -0.4 is 14.8 Å². The fraction of sp³-hybridized carbons (Fsp3) is 0.267. The van der Waals surface area contributed by atoms with Crippen molar-refractivity contribution in [1.29, 1.82) is 0 Å². The summed E-state index contributed by atoms with van der Waals surface area (Å²) in [5.41, 5.74) is 0.00923. The molecule has 2 aromatic heterocycles. The van der Waals surface area contributed by atoms with Gasteiger partial charge in [-0.1, -0.05) is 64.5 Å². The largest absolute Gasteiger partial charge is 0.495 e. The second-order valence-electron chi connectivity index (χ2n) is 9.82. The minimum Gasteiger partial charge on any atom is -0.495 e. The maximum Gasteiger partial charge on any atom is 0.177 e. The van der Waals surface area contributed by atoms with Crippen molar-refractivity contribution < 1.29 is 19.7 Å². The summed E-state index contributed by atoms with van der Waals surface area (Å²) < 4.78 is 13.4. The zero-order chi connectivity index (χ0) is 26.3. The van der Waals surface area contributed by atoms with Gasteiger partial charge in [-0.2, -0.15) is 0 Å². The Labute approximate surface area is 229 Å². The van der Waals surface area contributed by atoms with Crippen LogP contribution in [-0.4, -0.2) is 39.9 Å². The molecule has 4 aromatic rings. The summed E-state index contributed by atoms with van der Waals surface area (Å²) >= 11 is 3.53. The Kier molecular flexibility index (Phi) is 6.44. The molecule has 1 fully saturated rings. The molecule has 0 bridgehead atoms. The molecular formula is C30H28BrN3O4. The lowest BCUT2D eigenvalue weighted by Gasteiger charge is -2.41. The molecule has 38 heavy (non-hydrogen) atoms. The van der Waals surface area contributed by atoms with Crippen LogP contribution in [0.15, 0.2) is 96.0 Å². The minimum absolute atomic E-state index is 0.374. The average molecular weight is 574 g/mol. The Morgan fingerprint density at radius 3 is 2.50 bits per heavy atom. The average Bonchev–Trinajstić information content (AvgIpc) is 3.33. The second-order valence-corrected chi connectivity index (χ2v) is 10.7. The molecule has 0 amide bonds. The Morgan fingerprint density at radius 1 is 1.00 bits per heavy atom. The van der Waals surface area contributed by atoms with Crippen molar-refractivity contribution in [1.82, 2.24) is 15.3 Å². The summed E-state index contributed by atoms with van der Waals surface area (Å²) in [5.74, 6) is -0.0487. The van der Waals surface area contributed by atoms with Gasteiger partial charge in [0, 0.05) is 41.8 Å².